The van der Waals surface area contributed by atoms with Crippen molar-refractivity contribution in [1.82, 2.24) is 0 Å². The van der Waals surface area contributed by atoms with E-state index >= 15 is 0 Å². The molecule has 0 aliphatic carbocycles. The lowest BCUT2D eigenvalue weighted by molar-refractivity contribution is 0.383. The van der Waals surface area contributed by atoms with Crippen molar-refractivity contribution in [1.29, 1.82) is 0 Å². The molecule has 0 aliphatic heterocycles. The molecule has 0 aliphatic rings. The number of anilines is 1. The van der Waals surface area contributed by atoms with Gasteiger partial charge in [0.05, 0.1) is 12.8 Å². The van der Waals surface area contributed by atoms with Crippen molar-refractivity contribution in [3.63, 3.8) is 0 Å². The summed E-state index contributed by atoms with van der Waals surface area (Å²) < 4.78 is 29.7. The third-order valence-electron chi connectivity index (χ3n) is 1.27. The largest absolute Gasteiger partial charge is 0.494 e. The van der Waals surface area contributed by atoms with E-state index in [0.717, 1.165) is 12.1 Å². The Bertz CT molecular complexity index is 275. The first-order chi connectivity index (χ1) is 5.15. The molecule has 0 saturated carbocycles. The van der Waals surface area contributed by atoms with Crippen LogP contribution in [0.1, 0.15) is 0 Å². The predicted octanol–water partition coefficient (Wildman–Crippen LogP) is 1.56. The molecule has 4 heteroatoms. The quantitative estimate of drug-likeness (QED) is 0.631. The molecule has 0 amide bonds. The lowest BCUT2D eigenvalue weighted by atomic mass is 10.3. The number of benzene rings is 1. The smallest absolute Gasteiger partial charge is 0.167 e. The van der Waals surface area contributed by atoms with Crippen LogP contribution >= 0.6 is 0 Å². The van der Waals surface area contributed by atoms with Gasteiger partial charge in [-0.3, -0.25) is 0 Å². The van der Waals surface area contributed by atoms with E-state index in [4.69, 9.17) is 5.73 Å². The lowest BCUT2D eigenvalue weighted by Gasteiger charge is -2.02. The zero-order valence-electron chi connectivity index (χ0n) is 5.90. The standard InChI is InChI=1S/C7H7F2NO/c1-11-7-3-4(8)6(10)2-5(7)9/h2-3H,10H2,1H3. The lowest BCUT2D eigenvalue weighted by Crippen LogP contribution is -1.95. The third-order valence-corrected chi connectivity index (χ3v) is 1.27. The highest BCUT2D eigenvalue weighted by molar-refractivity contribution is 5.44. The first kappa shape index (κ1) is 7.78. The van der Waals surface area contributed by atoms with Gasteiger partial charge in [-0.25, -0.2) is 8.78 Å². The fourth-order valence-electron chi connectivity index (χ4n) is 0.700. The van der Waals surface area contributed by atoms with Crippen LogP contribution in [0.5, 0.6) is 5.75 Å². The molecule has 2 N–H and O–H groups in total. The highest BCUT2D eigenvalue weighted by Crippen LogP contribution is 2.21. The van der Waals surface area contributed by atoms with E-state index < -0.39 is 11.6 Å². The molecule has 0 spiro atoms. The summed E-state index contributed by atoms with van der Waals surface area (Å²) in [4.78, 5) is 0. The van der Waals surface area contributed by atoms with Crippen LogP contribution < -0.4 is 10.5 Å². The van der Waals surface area contributed by atoms with Crippen molar-refractivity contribution < 1.29 is 13.5 Å². The minimum absolute atomic E-state index is 0.142. The van der Waals surface area contributed by atoms with Crippen molar-refractivity contribution in [3.05, 3.63) is 23.8 Å². The normalized spacial score (nSPS) is 9.73. The summed E-state index contributed by atoms with van der Waals surface area (Å²) in [5.41, 5.74) is 4.85. The van der Waals surface area contributed by atoms with Gasteiger partial charge >= 0.3 is 0 Å². The van der Waals surface area contributed by atoms with Gasteiger partial charge in [-0.2, -0.15) is 0 Å². The maximum atomic E-state index is 12.7. The molecular formula is C7H7F2NO. The molecule has 1 rings (SSSR count). The first-order valence-corrected chi connectivity index (χ1v) is 2.93. The van der Waals surface area contributed by atoms with Crippen molar-refractivity contribution >= 4 is 5.69 Å². The molecule has 1 aromatic rings. The second kappa shape index (κ2) is 2.74. The second-order valence-electron chi connectivity index (χ2n) is 2.01. The highest BCUT2D eigenvalue weighted by Gasteiger charge is 2.06. The van der Waals surface area contributed by atoms with E-state index in [9.17, 15) is 8.78 Å². The van der Waals surface area contributed by atoms with Crippen molar-refractivity contribution in [2.75, 3.05) is 12.8 Å². The van der Waals surface area contributed by atoms with Gasteiger partial charge in [-0.05, 0) is 0 Å². The van der Waals surface area contributed by atoms with Crippen LogP contribution in [-0.4, -0.2) is 7.11 Å². The summed E-state index contributed by atoms with van der Waals surface area (Å²) in [6, 6.07) is 1.79. The van der Waals surface area contributed by atoms with Crippen molar-refractivity contribution in [2.45, 2.75) is 0 Å². The second-order valence-corrected chi connectivity index (χ2v) is 2.01. The van der Waals surface area contributed by atoms with Gasteiger partial charge in [-0.1, -0.05) is 0 Å². The van der Waals surface area contributed by atoms with Crippen LogP contribution in [0.2, 0.25) is 0 Å². The predicted molar refractivity (Wildman–Crippen MR) is 37.3 cm³/mol. The first-order valence-electron chi connectivity index (χ1n) is 2.93. The Morgan fingerprint density at radius 1 is 1.27 bits per heavy atom. The molecule has 11 heavy (non-hydrogen) atoms. The zero-order chi connectivity index (χ0) is 8.43. The Morgan fingerprint density at radius 3 is 2.45 bits per heavy atom. The Balaban J connectivity index is 3.21. The Hall–Kier alpha value is -1.32. The van der Waals surface area contributed by atoms with E-state index in [1.807, 2.05) is 0 Å². The molecule has 0 radical (unpaired) electrons. The number of hydrogen-bond acceptors (Lipinski definition) is 2. The number of methoxy groups -OCH3 is 1. The Labute approximate surface area is 62.6 Å². The molecular weight excluding hydrogens is 152 g/mol. The molecule has 0 aromatic heterocycles. The van der Waals surface area contributed by atoms with E-state index in [2.05, 4.69) is 4.74 Å². The average Bonchev–Trinajstić information content (AvgIpc) is 1.97. The summed E-state index contributed by atoms with van der Waals surface area (Å²) in [5, 5.41) is 0. The van der Waals surface area contributed by atoms with Crippen LogP contribution in [0.4, 0.5) is 14.5 Å². The Morgan fingerprint density at radius 2 is 1.91 bits per heavy atom. The van der Waals surface area contributed by atoms with E-state index in [-0.39, 0.29) is 11.4 Å². The number of nitrogen functional groups attached to an aromatic ring is 1. The van der Waals surface area contributed by atoms with Gasteiger partial charge in [0.1, 0.15) is 5.82 Å². The van der Waals surface area contributed by atoms with Crippen LogP contribution in [-0.2, 0) is 0 Å². The van der Waals surface area contributed by atoms with Crippen molar-refractivity contribution in [2.24, 2.45) is 0 Å². The molecule has 0 bridgehead atoms. The molecule has 60 valence electrons. The van der Waals surface area contributed by atoms with Crippen LogP contribution in [0.15, 0.2) is 12.1 Å². The maximum absolute atomic E-state index is 12.7. The molecule has 0 atom stereocenters. The summed E-state index contributed by atoms with van der Waals surface area (Å²) in [6.45, 7) is 0. The average molecular weight is 159 g/mol. The minimum Gasteiger partial charge on any atom is -0.494 e. The van der Waals surface area contributed by atoms with Crippen LogP contribution in [0, 0.1) is 11.6 Å². The highest BCUT2D eigenvalue weighted by atomic mass is 19.1. The summed E-state index contributed by atoms with van der Waals surface area (Å²) in [6.07, 6.45) is 0. The zero-order valence-corrected chi connectivity index (χ0v) is 5.90. The van der Waals surface area contributed by atoms with E-state index in [1.165, 1.54) is 7.11 Å². The number of nitrogens with two attached hydrogens (primary N) is 1. The minimum atomic E-state index is -0.678. The number of hydrogen-bond donors (Lipinski definition) is 1. The number of halogens is 2. The maximum Gasteiger partial charge on any atom is 0.167 e. The van der Waals surface area contributed by atoms with Crippen LogP contribution in [0.25, 0.3) is 0 Å². The van der Waals surface area contributed by atoms with Gasteiger partial charge in [-0.15, -0.1) is 0 Å². The molecule has 0 fully saturated rings. The number of rotatable bonds is 1. The summed E-state index contributed by atoms with van der Waals surface area (Å²) in [5.74, 6) is -1.48. The van der Waals surface area contributed by atoms with Gasteiger partial charge in [0.2, 0.25) is 0 Å². The molecule has 1 aromatic carbocycles. The van der Waals surface area contributed by atoms with Crippen LogP contribution in [0.3, 0.4) is 0 Å². The fraction of sp³-hybridized carbons (Fsp3) is 0.143. The molecule has 0 saturated heterocycles. The van der Waals surface area contributed by atoms with Gasteiger partial charge in [0.15, 0.2) is 11.6 Å². The Kier molecular flexibility index (Phi) is 1.94. The van der Waals surface area contributed by atoms with Gasteiger partial charge in [0.25, 0.3) is 0 Å². The monoisotopic (exact) mass is 159 g/mol. The van der Waals surface area contributed by atoms with E-state index in [0.29, 0.717) is 0 Å². The van der Waals surface area contributed by atoms with Gasteiger partial charge in [0, 0.05) is 12.1 Å². The third kappa shape index (κ3) is 1.39. The van der Waals surface area contributed by atoms with Crippen molar-refractivity contribution in [3.8, 4) is 5.75 Å². The SMILES string of the molecule is COc1cc(F)c(N)cc1F. The molecule has 0 heterocycles. The molecule has 0 unspecified atom stereocenters. The number of ether oxygens (including phenoxy) is 1. The topological polar surface area (TPSA) is 35.2 Å². The van der Waals surface area contributed by atoms with Gasteiger partial charge < -0.3 is 10.5 Å². The molecule has 2 nitrogen and oxygen atoms in total. The fourth-order valence-corrected chi connectivity index (χ4v) is 0.700. The summed E-state index contributed by atoms with van der Waals surface area (Å²) in [7, 11) is 1.26. The summed E-state index contributed by atoms with van der Waals surface area (Å²) >= 11 is 0. The van der Waals surface area contributed by atoms with E-state index in [1.54, 1.807) is 0 Å².